The summed E-state index contributed by atoms with van der Waals surface area (Å²) in [6, 6.07) is 17.1. The highest BCUT2D eigenvalue weighted by Crippen LogP contribution is 2.16. The number of methoxy groups -OCH3 is 1. The smallest absolute Gasteiger partial charge is 0.251 e. The van der Waals surface area contributed by atoms with Crippen molar-refractivity contribution in [2.75, 3.05) is 34.3 Å². The molecule has 0 unspecified atom stereocenters. The number of rotatable bonds is 8. The number of imidazole rings is 1. The monoisotopic (exact) mass is 548 g/mol. The summed E-state index contributed by atoms with van der Waals surface area (Å²) in [5.74, 6) is 2.16. The summed E-state index contributed by atoms with van der Waals surface area (Å²) in [5.41, 5.74) is 2.67. The molecule has 3 N–H and O–H groups in total. The van der Waals surface area contributed by atoms with Gasteiger partial charge in [0.2, 0.25) is 0 Å². The number of halogens is 1. The van der Waals surface area contributed by atoms with Crippen molar-refractivity contribution in [3.63, 3.8) is 0 Å². The van der Waals surface area contributed by atoms with E-state index in [4.69, 9.17) is 4.74 Å². The highest BCUT2D eigenvalue weighted by molar-refractivity contribution is 14.0. The molecule has 0 bridgehead atoms. The van der Waals surface area contributed by atoms with Gasteiger partial charge < -0.3 is 25.3 Å². The van der Waals surface area contributed by atoms with Crippen LogP contribution in [0.4, 0.5) is 0 Å². The van der Waals surface area contributed by atoms with Crippen LogP contribution in [0, 0.1) is 0 Å². The Balaban J connectivity index is 0.00000363. The van der Waals surface area contributed by atoms with Crippen LogP contribution in [-0.4, -0.2) is 61.0 Å². The van der Waals surface area contributed by atoms with Crippen molar-refractivity contribution in [3.8, 4) is 17.0 Å². The second-order valence-electron chi connectivity index (χ2n) is 6.92. The number of H-pyrrole nitrogens is 1. The second kappa shape index (κ2) is 12.7. The lowest BCUT2D eigenvalue weighted by molar-refractivity contribution is 0.0954. The largest absolute Gasteiger partial charge is 0.497 e. The van der Waals surface area contributed by atoms with Gasteiger partial charge in [0.1, 0.15) is 11.6 Å². The third-order valence-corrected chi connectivity index (χ3v) is 4.72. The van der Waals surface area contributed by atoms with Crippen molar-refractivity contribution in [2.24, 2.45) is 4.99 Å². The summed E-state index contributed by atoms with van der Waals surface area (Å²) in [6.45, 7) is 1.59. The molecule has 0 radical (unpaired) electrons. The molecule has 32 heavy (non-hydrogen) atoms. The molecule has 1 amide bonds. The fraction of sp³-hybridized carbons (Fsp3) is 0.261. The maximum atomic E-state index is 12.2. The van der Waals surface area contributed by atoms with Crippen LogP contribution in [0.25, 0.3) is 11.3 Å². The van der Waals surface area contributed by atoms with Gasteiger partial charge in [0.05, 0.1) is 25.5 Å². The van der Waals surface area contributed by atoms with Crippen LogP contribution in [0.3, 0.4) is 0 Å². The summed E-state index contributed by atoms with van der Waals surface area (Å²) in [7, 11) is 5.26. The first-order valence-corrected chi connectivity index (χ1v) is 10.0. The van der Waals surface area contributed by atoms with Crippen LogP contribution in [-0.2, 0) is 6.54 Å². The number of ether oxygens (including phenoxy) is 1. The first kappa shape index (κ1) is 25.2. The topological polar surface area (TPSA) is 94.6 Å². The van der Waals surface area contributed by atoms with Crippen LogP contribution in [0.1, 0.15) is 16.2 Å². The average Bonchev–Trinajstić information content (AvgIpc) is 3.28. The van der Waals surface area contributed by atoms with Crippen LogP contribution >= 0.6 is 24.0 Å². The molecule has 0 fully saturated rings. The summed E-state index contributed by atoms with van der Waals surface area (Å²) >= 11 is 0. The quantitative estimate of drug-likeness (QED) is 0.174. The zero-order valence-electron chi connectivity index (χ0n) is 18.5. The Bertz CT molecular complexity index is 1000. The highest BCUT2D eigenvalue weighted by Gasteiger charge is 2.10. The molecule has 8 nitrogen and oxygen atoms in total. The van der Waals surface area contributed by atoms with Gasteiger partial charge in [0.25, 0.3) is 5.91 Å². The lowest BCUT2D eigenvalue weighted by Crippen LogP contribution is -2.42. The molecule has 3 rings (SSSR count). The van der Waals surface area contributed by atoms with Gasteiger partial charge in [-0.25, -0.2) is 4.98 Å². The predicted molar refractivity (Wildman–Crippen MR) is 138 cm³/mol. The van der Waals surface area contributed by atoms with Crippen molar-refractivity contribution >= 4 is 35.8 Å². The number of aromatic amines is 1. The standard InChI is InChI=1S/C23H28N6O2.HI/c1-24-23(26-14-13-25-22(30)18-9-11-19(31-3)12-10-18)29(2)16-21-27-15-20(28-21)17-7-5-4-6-8-17;/h4-12,15H,13-14,16H2,1-3H3,(H,24,26)(H,25,30)(H,27,28);1H. The molecule has 0 saturated carbocycles. The molecule has 0 aliphatic rings. The molecule has 9 heteroatoms. The number of nitrogens with one attached hydrogen (secondary N) is 3. The van der Waals surface area contributed by atoms with E-state index < -0.39 is 0 Å². The number of guanidine groups is 1. The first-order valence-electron chi connectivity index (χ1n) is 10.0. The fourth-order valence-corrected chi connectivity index (χ4v) is 3.09. The predicted octanol–water partition coefficient (Wildman–Crippen LogP) is 3.14. The van der Waals surface area contributed by atoms with Gasteiger partial charge in [-0.1, -0.05) is 30.3 Å². The SMILES string of the molecule is CN=C(NCCNC(=O)c1ccc(OC)cc1)N(C)Cc1ncc(-c2ccccc2)[nH]1.I. The van der Waals surface area contributed by atoms with Crippen molar-refractivity contribution in [1.29, 1.82) is 0 Å². The van der Waals surface area contributed by atoms with E-state index in [0.717, 1.165) is 28.8 Å². The molecule has 0 aliphatic heterocycles. The van der Waals surface area contributed by atoms with E-state index in [1.54, 1.807) is 38.4 Å². The van der Waals surface area contributed by atoms with E-state index in [1.165, 1.54) is 0 Å². The number of benzene rings is 2. The molecule has 170 valence electrons. The van der Waals surface area contributed by atoms with Gasteiger partial charge in [-0.2, -0.15) is 0 Å². The van der Waals surface area contributed by atoms with Crippen LogP contribution < -0.4 is 15.4 Å². The molecule has 0 saturated heterocycles. The maximum Gasteiger partial charge on any atom is 0.251 e. The molecule has 1 aromatic heterocycles. The number of nitrogens with zero attached hydrogens (tertiary/aromatic N) is 3. The minimum Gasteiger partial charge on any atom is -0.497 e. The Hall–Kier alpha value is -3.08. The number of amides is 1. The Kier molecular flexibility index (Phi) is 9.99. The molecule has 0 spiro atoms. The number of carbonyl (C=O) groups is 1. The zero-order chi connectivity index (χ0) is 22.1. The summed E-state index contributed by atoms with van der Waals surface area (Å²) in [5, 5.41) is 6.14. The lowest BCUT2D eigenvalue weighted by atomic mass is 10.2. The van der Waals surface area contributed by atoms with Gasteiger partial charge in [0.15, 0.2) is 5.96 Å². The second-order valence-corrected chi connectivity index (χ2v) is 6.92. The van der Waals surface area contributed by atoms with E-state index in [2.05, 4.69) is 25.6 Å². The summed E-state index contributed by atoms with van der Waals surface area (Å²) in [4.78, 5) is 26.3. The first-order chi connectivity index (χ1) is 15.1. The van der Waals surface area contributed by atoms with E-state index in [-0.39, 0.29) is 29.9 Å². The van der Waals surface area contributed by atoms with Crippen LogP contribution in [0.5, 0.6) is 5.75 Å². The fourth-order valence-electron chi connectivity index (χ4n) is 3.09. The molecule has 0 aliphatic carbocycles. The molecule has 1 heterocycles. The molecular weight excluding hydrogens is 519 g/mol. The molecule has 2 aromatic carbocycles. The van der Waals surface area contributed by atoms with Crippen molar-refractivity contribution in [1.82, 2.24) is 25.5 Å². The Morgan fingerprint density at radius 1 is 1.09 bits per heavy atom. The van der Waals surface area contributed by atoms with E-state index in [1.807, 2.05) is 48.5 Å². The maximum absolute atomic E-state index is 12.2. The number of hydrogen-bond donors (Lipinski definition) is 3. The van der Waals surface area contributed by atoms with Crippen LogP contribution in [0.15, 0.2) is 65.8 Å². The molecule has 3 aromatic rings. The minimum absolute atomic E-state index is 0. The molecular formula is C23H29IN6O2. The van der Waals surface area contributed by atoms with Crippen LogP contribution in [0.2, 0.25) is 0 Å². The average molecular weight is 548 g/mol. The molecule has 0 atom stereocenters. The zero-order valence-corrected chi connectivity index (χ0v) is 20.8. The lowest BCUT2D eigenvalue weighted by Gasteiger charge is -2.21. The number of carbonyl (C=O) groups excluding carboxylic acids is 1. The van der Waals surface area contributed by atoms with Crippen molar-refractivity contribution < 1.29 is 9.53 Å². The van der Waals surface area contributed by atoms with E-state index >= 15 is 0 Å². The summed E-state index contributed by atoms with van der Waals surface area (Å²) < 4.78 is 5.11. The van der Waals surface area contributed by atoms with Gasteiger partial charge in [0, 0.05) is 32.7 Å². The highest BCUT2D eigenvalue weighted by atomic mass is 127. The Morgan fingerprint density at radius 3 is 2.44 bits per heavy atom. The number of hydrogen-bond acceptors (Lipinski definition) is 4. The third kappa shape index (κ3) is 6.98. The van der Waals surface area contributed by atoms with Gasteiger partial charge in [-0.3, -0.25) is 9.79 Å². The third-order valence-electron chi connectivity index (χ3n) is 4.72. The van der Waals surface area contributed by atoms with E-state index in [9.17, 15) is 4.79 Å². The van der Waals surface area contributed by atoms with Crippen molar-refractivity contribution in [3.05, 3.63) is 72.2 Å². The van der Waals surface area contributed by atoms with E-state index in [0.29, 0.717) is 25.2 Å². The van der Waals surface area contributed by atoms with Gasteiger partial charge >= 0.3 is 0 Å². The number of aromatic nitrogens is 2. The summed E-state index contributed by atoms with van der Waals surface area (Å²) in [6.07, 6.45) is 1.84. The number of aliphatic imine (C=N–C) groups is 1. The minimum atomic E-state index is -0.128. The Labute approximate surface area is 205 Å². The van der Waals surface area contributed by atoms with Gasteiger partial charge in [-0.05, 0) is 29.8 Å². The normalized spacial score (nSPS) is 10.8. The van der Waals surface area contributed by atoms with Crippen molar-refractivity contribution in [2.45, 2.75) is 6.54 Å². The van der Waals surface area contributed by atoms with Gasteiger partial charge in [-0.15, -0.1) is 24.0 Å². The Morgan fingerprint density at radius 2 is 1.78 bits per heavy atom.